The number of hydrogen-bond acceptors (Lipinski definition) is 3. The van der Waals surface area contributed by atoms with E-state index in [2.05, 4.69) is 23.4 Å². The molecule has 1 N–H and O–H groups in total. The molecular weight excluding hydrogens is 417 g/mol. The molecule has 1 heterocycles. The summed E-state index contributed by atoms with van der Waals surface area (Å²) in [7, 11) is 0. The standard InChI is InChI=1S/C20H17Cl2N3S2/c1-14-9-10-27-19(14)12-23-25(13-15-5-3-2-4-6-15)20(26)24-16-7-8-17(21)18(22)11-16/h2-12H,13H2,1H3,(H,24,26). The van der Waals surface area contributed by atoms with Gasteiger partial charge in [-0.15, -0.1) is 11.3 Å². The molecule has 0 radical (unpaired) electrons. The van der Waals surface area contributed by atoms with E-state index in [4.69, 9.17) is 35.4 Å². The van der Waals surface area contributed by atoms with E-state index in [1.54, 1.807) is 28.5 Å². The molecule has 0 saturated heterocycles. The zero-order valence-corrected chi connectivity index (χ0v) is 17.7. The Hall–Kier alpha value is -1.92. The monoisotopic (exact) mass is 433 g/mol. The predicted molar refractivity (Wildman–Crippen MR) is 121 cm³/mol. The van der Waals surface area contributed by atoms with Crippen LogP contribution in [0.25, 0.3) is 0 Å². The first-order valence-electron chi connectivity index (χ1n) is 8.18. The van der Waals surface area contributed by atoms with Crippen LogP contribution >= 0.6 is 46.8 Å². The fraction of sp³-hybridized carbons (Fsp3) is 0.100. The Kier molecular flexibility index (Phi) is 6.85. The second kappa shape index (κ2) is 9.33. The molecule has 0 aliphatic rings. The topological polar surface area (TPSA) is 27.6 Å². The van der Waals surface area contributed by atoms with Crippen LogP contribution in [0.5, 0.6) is 0 Å². The molecule has 3 aromatic rings. The summed E-state index contributed by atoms with van der Waals surface area (Å²) in [5, 5.41) is 13.0. The molecule has 1 aromatic heterocycles. The number of anilines is 1. The van der Waals surface area contributed by atoms with Gasteiger partial charge in [-0.25, -0.2) is 5.01 Å². The third-order valence-corrected chi connectivity index (χ3v) is 5.80. The minimum atomic E-state index is 0.469. The van der Waals surface area contributed by atoms with Crippen molar-refractivity contribution in [3.05, 3.63) is 86.0 Å². The van der Waals surface area contributed by atoms with E-state index >= 15 is 0 Å². The number of benzene rings is 2. The summed E-state index contributed by atoms with van der Waals surface area (Å²) in [6, 6.07) is 17.4. The quantitative estimate of drug-likeness (QED) is 0.279. The fourth-order valence-corrected chi connectivity index (χ4v) is 3.63. The van der Waals surface area contributed by atoms with Gasteiger partial charge in [0, 0.05) is 10.6 Å². The molecule has 7 heteroatoms. The first-order chi connectivity index (χ1) is 13.0. The Bertz CT molecular complexity index is 955. The van der Waals surface area contributed by atoms with Crippen LogP contribution in [0.2, 0.25) is 10.0 Å². The molecule has 0 spiro atoms. The number of nitrogens with one attached hydrogen (secondary N) is 1. The zero-order chi connectivity index (χ0) is 19.2. The van der Waals surface area contributed by atoms with Crippen molar-refractivity contribution in [1.29, 1.82) is 0 Å². The number of halogens is 2. The van der Waals surface area contributed by atoms with E-state index in [0.29, 0.717) is 21.7 Å². The van der Waals surface area contributed by atoms with Crippen molar-refractivity contribution in [3.8, 4) is 0 Å². The highest BCUT2D eigenvalue weighted by Crippen LogP contribution is 2.25. The van der Waals surface area contributed by atoms with Crippen molar-refractivity contribution in [1.82, 2.24) is 5.01 Å². The Morgan fingerprint density at radius 3 is 2.59 bits per heavy atom. The molecule has 3 nitrogen and oxygen atoms in total. The summed E-state index contributed by atoms with van der Waals surface area (Å²) in [6.07, 6.45) is 1.84. The summed E-state index contributed by atoms with van der Waals surface area (Å²) in [5.41, 5.74) is 3.05. The highest BCUT2D eigenvalue weighted by Gasteiger charge is 2.11. The highest BCUT2D eigenvalue weighted by molar-refractivity contribution is 7.80. The van der Waals surface area contributed by atoms with Crippen molar-refractivity contribution < 1.29 is 0 Å². The number of aryl methyl sites for hydroxylation is 1. The average molecular weight is 434 g/mol. The number of nitrogens with zero attached hydrogens (tertiary/aromatic N) is 2. The lowest BCUT2D eigenvalue weighted by molar-refractivity contribution is 0.449. The number of thiocarbonyl (C=S) groups is 1. The van der Waals surface area contributed by atoms with E-state index in [1.807, 2.05) is 48.0 Å². The van der Waals surface area contributed by atoms with Gasteiger partial charge in [-0.2, -0.15) is 5.10 Å². The Labute approximate surface area is 178 Å². The third kappa shape index (κ3) is 5.53. The van der Waals surface area contributed by atoms with Gasteiger partial charge in [0.05, 0.1) is 22.8 Å². The lowest BCUT2D eigenvalue weighted by Gasteiger charge is -2.21. The van der Waals surface area contributed by atoms with E-state index in [-0.39, 0.29) is 0 Å². The second-order valence-corrected chi connectivity index (χ2v) is 7.96. The van der Waals surface area contributed by atoms with Gasteiger partial charge in [0.2, 0.25) is 0 Å². The highest BCUT2D eigenvalue weighted by atomic mass is 35.5. The average Bonchev–Trinajstić information content (AvgIpc) is 3.07. The van der Waals surface area contributed by atoms with Crippen LogP contribution in [-0.2, 0) is 6.54 Å². The summed E-state index contributed by atoms with van der Waals surface area (Å²) in [6.45, 7) is 2.61. The molecule has 0 aliphatic heterocycles. The molecule has 3 rings (SSSR count). The maximum Gasteiger partial charge on any atom is 0.194 e. The first-order valence-corrected chi connectivity index (χ1v) is 10.2. The van der Waals surface area contributed by atoms with Crippen LogP contribution in [0.4, 0.5) is 5.69 Å². The molecule has 0 atom stereocenters. The Morgan fingerprint density at radius 1 is 1.15 bits per heavy atom. The molecule has 0 bridgehead atoms. The Balaban J connectivity index is 1.81. The summed E-state index contributed by atoms with van der Waals surface area (Å²) in [4.78, 5) is 1.10. The lowest BCUT2D eigenvalue weighted by Crippen LogP contribution is -2.30. The number of thiophene rings is 1. The van der Waals surface area contributed by atoms with Crippen molar-refractivity contribution in [2.75, 3.05) is 5.32 Å². The third-order valence-electron chi connectivity index (χ3n) is 3.80. The van der Waals surface area contributed by atoms with Crippen molar-refractivity contribution in [2.45, 2.75) is 13.5 Å². The van der Waals surface area contributed by atoms with Crippen LogP contribution in [0.3, 0.4) is 0 Å². The second-order valence-electron chi connectivity index (χ2n) is 5.81. The fourth-order valence-electron chi connectivity index (χ4n) is 2.32. The molecule has 2 aromatic carbocycles. The van der Waals surface area contributed by atoms with Crippen molar-refractivity contribution in [3.63, 3.8) is 0 Å². The molecular formula is C20H17Cl2N3S2. The van der Waals surface area contributed by atoms with Gasteiger partial charge < -0.3 is 5.32 Å². The lowest BCUT2D eigenvalue weighted by atomic mass is 10.2. The summed E-state index contributed by atoms with van der Waals surface area (Å²) in [5.74, 6) is 0. The maximum atomic E-state index is 6.10. The zero-order valence-electron chi connectivity index (χ0n) is 14.5. The van der Waals surface area contributed by atoms with Crippen molar-refractivity contribution in [2.24, 2.45) is 5.10 Å². The Morgan fingerprint density at radius 2 is 1.93 bits per heavy atom. The molecule has 0 unspecified atom stereocenters. The maximum absolute atomic E-state index is 6.10. The minimum absolute atomic E-state index is 0.469. The molecule has 0 fully saturated rings. The largest absolute Gasteiger partial charge is 0.331 e. The van der Waals surface area contributed by atoms with Crippen LogP contribution in [0.15, 0.2) is 65.1 Å². The number of rotatable bonds is 5. The SMILES string of the molecule is Cc1ccsc1C=NN(Cc1ccccc1)C(=S)Nc1ccc(Cl)c(Cl)c1. The van der Waals surface area contributed by atoms with Gasteiger partial charge in [0.15, 0.2) is 5.11 Å². The van der Waals surface area contributed by atoms with Crippen LogP contribution in [0, 0.1) is 6.92 Å². The van der Waals surface area contributed by atoms with Gasteiger partial charge in [0.1, 0.15) is 0 Å². The van der Waals surface area contributed by atoms with Crippen LogP contribution in [-0.4, -0.2) is 16.3 Å². The van der Waals surface area contributed by atoms with Gasteiger partial charge in [0.25, 0.3) is 0 Å². The number of hydrogen-bond donors (Lipinski definition) is 1. The van der Waals surface area contributed by atoms with Crippen LogP contribution in [0.1, 0.15) is 16.0 Å². The van der Waals surface area contributed by atoms with Crippen molar-refractivity contribution >= 4 is 63.8 Å². The van der Waals surface area contributed by atoms with E-state index in [0.717, 1.165) is 16.1 Å². The van der Waals surface area contributed by atoms with E-state index in [1.165, 1.54) is 5.56 Å². The van der Waals surface area contributed by atoms with Gasteiger partial charge >= 0.3 is 0 Å². The van der Waals surface area contributed by atoms with Gasteiger partial charge in [-0.05, 0) is 59.9 Å². The predicted octanol–water partition coefficient (Wildman–Crippen LogP) is 6.60. The van der Waals surface area contributed by atoms with Crippen LogP contribution < -0.4 is 5.32 Å². The normalized spacial score (nSPS) is 10.9. The smallest absolute Gasteiger partial charge is 0.194 e. The van der Waals surface area contributed by atoms with E-state index in [9.17, 15) is 0 Å². The molecule has 138 valence electrons. The minimum Gasteiger partial charge on any atom is -0.331 e. The van der Waals surface area contributed by atoms with E-state index < -0.39 is 0 Å². The summed E-state index contributed by atoms with van der Waals surface area (Å²) >= 11 is 19.3. The number of hydrazone groups is 1. The summed E-state index contributed by atoms with van der Waals surface area (Å²) < 4.78 is 0. The van der Waals surface area contributed by atoms with Gasteiger partial charge in [-0.1, -0.05) is 53.5 Å². The molecule has 0 aliphatic carbocycles. The van der Waals surface area contributed by atoms with Gasteiger partial charge in [-0.3, -0.25) is 0 Å². The molecule has 0 amide bonds. The molecule has 0 saturated carbocycles. The first kappa shape index (κ1) is 19.8. The molecule has 27 heavy (non-hydrogen) atoms.